The fraction of sp³-hybridized carbons (Fsp3) is 0.600. The Labute approximate surface area is 41.8 Å². The Kier molecular flexibility index (Phi) is 2.56. The van der Waals surface area contributed by atoms with Crippen LogP contribution in [0.4, 0.5) is 8.78 Å². The third kappa shape index (κ3) is 5.60. The Hall–Kier alpha value is -0.400. The van der Waals surface area contributed by atoms with Gasteiger partial charge in [0, 0.05) is 6.42 Å². The average Bonchev–Trinajstić information content (AvgIpc) is 1.27. The summed E-state index contributed by atoms with van der Waals surface area (Å²) >= 11 is 0. The van der Waals surface area contributed by atoms with Crippen LogP contribution in [0.1, 0.15) is 13.3 Å². The van der Waals surface area contributed by atoms with Crippen LogP contribution in [0.15, 0.2) is 12.4 Å². The van der Waals surface area contributed by atoms with Crippen molar-refractivity contribution in [1.29, 1.82) is 0 Å². The largest absolute Gasteiger partial charge is 0.247 e. The molecule has 0 nitrogen and oxygen atoms in total. The van der Waals surface area contributed by atoms with Crippen molar-refractivity contribution in [3.8, 4) is 0 Å². The number of alkyl halides is 1. The fourth-order valence-electron chi connectivity index (χ4n) is 0.305. The zero-order valence-electron chi connectivity index (χ0n) is 4.25. The molecular formula is C5H8F2. The van der Waals surface area contributed by atoms with Crippen molar-refractivity contribution >= 4 is 0 Å². The SMILES string of the molecule is C=C(F)CC(C)F. The smallest absolute Gasteiger partial charge is 0.104 e. The van der Waals surface area contributed by atoms with Crippen molar-refractivity contribution in [3.05, 3.63) is 12.4 Å². The van der Waals surface area contributed by atoms with Crippen LogP contribution < -0.4 is 0 Å². The highest BCUT2D eigenvalue weighted by molar-refractivity contribution is 4.81. The Morgan fingerprint density at radius 3 is 2.29 bits per heavy atom. The second kappa shape index (κ2) is 2.72. The Morgan fingerprint density at radius 1 is 1.86 bits per heavy atom. The third-order valence-electron chi connectivity index (χ3n) is 0.503. The van der Waals surface area contributed by atoms with Crippen molar-refractivity contribution < 1.29 is 8.78 Å². The van der Waals surface area contributed by atoms with E-state index in [0.29, 0.717) is 0 Å². The van der Waals surface area contributed by atoms with Crippen molar-refractivity contribution in [2.45, 2.75) is 19.5 Å². The molecule has 2 heteroatoms. The Bertz CT molecular complexity index is 66.5. The van der Waals surface area contributed by atoms with Crippen LogP contribution in [0, 0.1) is 0 Å². The molecule has 0 aliphatic carbocycles. The summed E-state index contributed by atoms with van der Waals surface area (Å²) < 4.78 is 23.2. The van der Waals surface area contributed by atoms with Gasteiger partial charge in [0.25, 0.3) is 0 Å². The van der Waals surface area contributed by atoms with Crippen LogP contribution in [0.2, 0.25) is 0 Å². The molecule has 0 fully saturated rings. The average molecular weight is 106 g/mol. The summed E-state index contributed by atoms with van der Waals surface area (Å²) in [7, 11) is 0. The monoisotopic (exact) mass is 106 g/mol. The molecule has 0 saturated carbocycles. The van der Waals surface area contributed by atoms with E-state index in [4.69, 9.17) is 0 Å². The molecule has 0 aromatic heterocycles. The molecule has 42 valence electrons. The van der Waals surface area contributed by atoms with Crippen LogP contribution in [0.5, 0.6) is 0 Å². The summed E-state index contributed by atoms with van der Waals surface area (Å²) in [5.41, 5.74) is 0. The lowest BCUT2D eigenvalue weighted by Gasteiger charge is -1.93. The second-order valence-electron chi connectivity index (χ2n) is 1.50. The first-order chi connectivity index (χ1) is 3.13. The minimum absolute atomic E-state index is 0.167. The quantitative estimate of drug-likeness (QED) is 0.506. The van der Waals surface area contributed by atoms with Gasteiger partial charge in [-0.05, 0) is 6.92 Å². The van der Waals surface area contributed by atoms with Crippen LogP contribution in [0.3, 0.4) is 0 Å². The van der Waals surface area contributed by atoms with Gasteiger partial charge in [-0.25, -0.2) is 8.78 Å². The van der Waals surface area contributed by atoms with E-state index in [1.807, 2.05) is 0 Å². The molecule has 0 spiro atoms. The lowest BCUT2D eigenvalue weighted by molar-refractivity contribution is 0.339. The molecule has 0 N–H and O–H groups in total. The first kappa shape index (κ1) is 6.60. The minimum atomic E-state index is -1.10. The molecule has 0 rings (SSSR count). The summed E-state index contributed by atoms with van der Waals surface area (Å²) in [6.45, 7) is 4.19. The maximum absolute atomic E-state index is 11.7. The standard InChI is InChI=1S/C5H8F2/c1-4(6)3-5(2)7/h5H,1,3H2,2H3. The van der Waals surface area contributed by atoms with E-state index in [9.17, 15) is 8.78 Å². The van der Waals surface area contributed by atoms with E-state index in [1.54, 1.807) is 0 Å². The van der Waals surface area contributed by atoms with Crippen LogP contribution >= 0.6 is 0 Å². The van der Waals surface area contributed by atoms with Crippen LogP contribution in [-0.2, 0) is 0 Å². The van der Waals surface area contributed by atoms with Gasteiger partial charge in [0.15, 0.2) is 0 Å². The van der Waals surface area contributed by atoms with Gasteiger partial charge in [-0.15, -0.1) is 0 Å². The molecule has 0 aromatic carbocycles. The van der Waals surface area contributed by atoms with Crippen LogP contribution in [0.25, 0.3) is 0 Å². The fourth-order valence-corrected chi connectivity index (χ4v) is 0.305. The van der Waals surface area contributed by atoms with Crippen molar-refractivity contribution in [3.63, 3.8) is 0 Å². The van der Waals surface area contributed by atoms with Crippen molar-refractivity contribution in [1.82, 2.24) is 0 Å². The zero-order chi connectivity index (χ0) is 5.86. The van der Waals surface area contributed by atoms with E-state index >= 15 is 0 Å². The highest BCUT2D eigenvalue weighted by atomic mass is 19.1. The minimum Gasteiger partial charge on any atom is -0.247 e. The predicted octanol–water partition coefficient (Wildman–Crippen LogP) is 2.22. The highest BCUT2D eigenvalue weighted by Crippen LogP contribution is 2.05. The van der Waals surface area contributed by atoms with Gasteiger partial charge >= 0.3 is 0 Å². The number of hydrogen-bond acceptors (Lipinski definition) is 0. The Balaban J connectivity index is 3.13. The molecule has 0 heterocycles. The Morgan fingerprint density at radius 2 is 2.29 bits per heavy atom. The van der Waals surface area contributed by atoms with Gasteiger partial charge in [-0.1, -0.05) is 6.58 Å². The predicted molar refractivity (Wildman–Crippen MR) is 25.4 cm³/mol. The lowest BCUT2D eigenvalue weighted by Crippen LogP contribution is -1.89. The number of allylic oxidation sites excluding steroid dienone is 1. The molecule has 0 amide bonds. The molecule has 0 aliphatic heterocycles. The summed E-state index contributed by atoms with van der Waals surface area (Å²) in [4.78, 5) is 0. The van der Waals surface area contributed by atoms with Crippen molar-refractivity contribution in [2.75, 3.05) is 0 Å². The molecule has 0 bridgehead atoms. The van der Waals surface area contributed by atoms with Gasteiger partial charge in [-0.3, -0.25) is 0 Å². The van der Waals surface area contributed by atoms with Gasteiger partial charge in [0.05, 0.1) is 5.83 Å². The van der Waals surface area contributed by atoms with E-state index in [0.717, 1.165) is 0 Å². The van der Waals surface area contributed by atoms with E-state index < -0.39 is 12.0 Å². The molecule has 0 aliphatic rings. The van der Waals surface area contributed by atoms with Gasteiger partial charge < -0.3 is 0 Å². The summed E-state index contributed by atoms with van der Waals surface area (Å²) in [6.07, 6.45) is -1.27. The van der Waals surface area contributed by atoms with E-state index in [2.05, 4.69) is 6.58 Å². The highest BCUT2D eigenvalue weighted by Gasteiger charge is 1.97. The number of rotatable bonds is 2. The normalized spacial score (nSPS) is 13.6. The van der Waals surface area contributed by atoms with E-state index in [-0.39, 0.29) is 6.42 Å². The molecule has 0 radical (unpaired) electrons. The van der Waals surface area contributed by atoms with Gasteiger partial charge in [0.2, 0.25) is 0 Å². The molecular weight excluding hydrogens is 98.1 g/mol. The maximum atomic E-state index is 11.7. The summed E-state index contributed by atoms with van der Waals surface area (Å²) in [5.74, 6) is -0.588. The molecule has 7 heavy (non-hydrogen) atoms. The molecule has 1 atom stereocenters. The van der Waals surface area contributed by atoms with E-state index in [1.165, 1.54) is 6.92 Å². The number of halogens is 2. The molecule has 0 saturated heterocycles. The summed E-state index contributed by atoms with van der Waals surface area (Å²) in [6, 6.07) is 0. The van der Waals surface area contributed by atoms with Gasteiger partial charge in [0.1, 0.15) is 6.17 Å². The first-order valence-electron chi connectivity index (χ1n) is 2.10. The second-order valence-corrected chi connectivity index (χ2v) is 1.50. The maximum Gasteiger partial charge on any atom is 0.104 e. The topological polar surface area (TPSA) is 0 Å². The first-order valence-corrected chi connectivity index (χ1v) is 2.10. The molecule has 0 aromatic rings. The summed E-state index contributed by atoms with van der Waals surface area (Å²) in [5, 5.41) is 0. The third-order valence-corrected chi connectivity index (χ3v) is 0.503. The zero-order valence-corrected chi connectivity index (χ0v) is 4.25. The van der Waals surface area contributed by atoms with Crippen LogP contribution in [-0.4, -0.2) is 6.17 Å². The number of hydrogen-bond donors (Lipinski definition) is 0. The lowest BCUT2D eigenvalue weighted by atomic mass is 10.3. The molecule has 1 unspecified atom stereocenters. The van der Waals surface area contributed by atoms with Crippen molar-refractivity contribution in [2.24, 2.45) is 0 Å². The van der Waals surface area contributed by atoms with Gasteiger partial charge in [-0.2, -0.15) is 0 Å².